The summed E-state index contributed by atoms with van der Waals surface area (Å²) in [5.74, 6) is 0.535. The van der Waals surface area contributed by atoms with E-state index in [1.54, 1.807) is 16.7 Å². The van der Waals surface area contributed by atoms with Crippen LogP contribution >= 0.6 is 23.8 Å². The summed E-state index contributed by atoms with van der Waals surface area (Å²) in [5.41, 5.74) is -0.537. The van der Waals surface area contributed by atoms with E-state index in [0.29, 0.717) is 26.2 Å². The summed E-state index contributed by atoms with van der Waals surface area (Å²) < 4.78 is 11.3. The highest BCUT2D eigenvalue weighted by Gasteiger charge is 2.41. The Bertz CT molecular complexity index is 741. The lowest BCUT2D eigenvalue weighted by molar-refractivity contribution is -0.137. The van der Waals surface area contributed by atoms with Crippen molar-refractivity contribution in [2.24, 2.45) is 5.92 Å². The van der Waals surface area contributed by atoms with E-state index in [-0.39, 0.29) is 41.3 Å². The Morgan fingerprint density at radius 2 is 1.73 bits per heavy atom. The van der Waals surface area contributed by atoms with Crippen molar-refractivity contribution in [3.8, 4) is 0 Å². The van der Waals surface area contributed by atoms with Crippen molar-refractivity contribution in [3.63, 3.8) is 0 Å². The van der Waals surface area contributed by atoms with Gasteiger partial charge in [-0.25, -0.2) is 4.79 Å². The number of carbonyl (C=O) groups excluding carboxylic acids is 3. The van der Waals surface area contributed by atoms with Gasteiger partial charge in [-0.2, -0.15) is 0 Å². The van der Waals surface area contributed by atoms with Crippen LogP contribution in [0.15, 0.2) is 0 Å². The van der Waals surface area contributed by atoms with Gasteiger partial charge in [0.2, 0.25) is 5.91 Å². The van der Waals surface area contributed by atoms with Gasteiger partial charge in [0.1, 0.15) is 5.60 Å². The monoisotopic (exact) mass is 500 g/mol. The average Bonchev–Trinajstić information content (AvgIpc) is 3.25. The number of rotatable bonds is 3. The number of nitrogens with one attached hydrogen (secondary N) is 2. The van der Waals surface area contributed by atoms with E-state index >= 15 is 0 Å². The molecule has 0 spiro atoms. The van der Waals surface area contributed by atoms with Crippen LogP contribution in [-0.4, -0.2) is 88.1 Å². The van der Waals surface area contributed by atoms with Gasteiger partial charge in [0.15, 0.2) is 5.37 Å². The number of ether oxygens (including phenoxy) is 1. The first-order chi connectivity index (χ1) is 15.7. The molecule has 11 heteroatoms. The average molecular weight is 501 g/mol. The third-order valence-corrected chi connectivity index (χ3v) is 8.70. The summed E-state index contributed by atoms with van der Waals surface area (Å²) in [6, 6.07) is 0.227. The number of fused-ring (bicyclic) bond motifs is 1. The topological polar surface area (TPSA) is 100 Å². The molecule has 4 fully saturated rings. The highest BCUT2D eigenvalue weighted by atomic mass is 32.2. The number of hydrogen-bond acceptors (Lipinski definition) is 8. The quantitative estimate of drug-likeness (QED) is 0.569. The number of thioether (sulfide) groups is 1. The smallest absolute Gasteiger partial charge is 0.410 e. The Labute approximate surface area is 204 Å². The fraction of sp³-hybridized carbons (Fsp3) is 0.864. The van der Waals surface area contributed by atoms with E-state index < -0.39 is 11.0 Å². The van der Waals surface area contributed by atoms with Gasteiger partial charge in [-0.1, -0.05) is 12.8 Å². The van der Waals surface area contributed by atoms with Gasteiger partial charge >= 0.3 is 6.09 Å². The molecule has 33 heavy (non-hydrogen) atoms. The highest BCUT2D eigenvalue weighted by molar-refractivity contribution is 8.00. The molecule has 4 rings (SSSR count). The molecule has 3 amide bonds. The summed E-state index contributed by atoms with van der Waals surface area (Å²) >= 11 is 2.84. The van der Waals surface area contributed by atoms with Crippen molar-refractivity contribution < 1.29 is 23.3 Å². The maximum atomic E-state index is 13.2. The summed E-state index contributed by atoms with van der Waals surface area (Å²) in [6.07, 6.45) is 4.99. The lowest BCUT2D eigenvalue weighted by Crippen LogP contribution is -2.57. The van der Waals surface area contributed by atoms with Gasteiger partial charge < -0.3 is 24.0 Å². The molecular weight excluding hydrogens is 464 g/mol. The SMILES string of the molecule is CC(C)(C)OC(=O)N1CCN(C(=O)C2CCSC2NC(=O)C2NC3CCCCC3OS2)CC1. The normalized spacial score (nSPS) is 32.8. The van der Waals surface area contributed by atoms with Crippen LogP contribution in [0.2, 0.25) is 0 Å². The van der Waals surface area contributed by atoms with Crippen LogP contribution in [-0.2, 0) is 18.5 Å². The van der Waals surface area contributed by atoms with Crippen LogP contribution in [0, 0.1) is 5.92 Å². The van der Waals surface area contributed by atoms with Crippen molar-refractivity contribution in [2.75, 3.05) is 31.9 Å². The van der Waals surface area contributed by atoms with Gasteiger partial charge in [0.05, 0.1) is 17.4 Å². The standard InChI is InChI=1S/C22H36N4O5S2/c1-22(2,3)30-21(29)26-11-9-25(10-12-26)20(28)14-8-13-32-18(14)24-17(27)19-23-15-6-4-5-7-16(15)31-33-19/h14-16,18-19,23H,4-13H2,1-3H3,(H,24,27). The molecule has 2 N–H and O–H groups in total. The third kappa shape index (κ3) is 6.29. The van der Waals surface area contributed by atoms with Gasteiger partial charge in [-0.15, -0.1) is 11.8 Å². The molecular formula is C22H36N4O5S2. The number of piperazine rings is 1. The van der Waals surface area contributed by atoms with Crippen LogP contribution in [0.1, 0.15) is 52.9 Å². The third-order valence-electron chi connectivity index (χ3n) is 6.52. The summed E-state index contributed by atoms with van der Waals surface area (Å²) in [4.78, 5) is 41.9. The van der Waals surface area contributed by atoms with E-state index in [1.165, 1.54) is 18.5 Å². The molecule has 4 aliphatic rings. The first-order valence-corrected chi connectivity index (χ1v) is 13.8. The molecule has 3 heterocycles. The number of hydrogen-bond donors (Lipinski definition) is 2. The second-order valence-corrected chi connectivity index (χ2v) is 12.3. The molecule has 0 aromatic heterocycles. The van der Waals surface area contributed by atoms with Gasteiger partial charge in [0.25, 0.3) is 5.91 Å². The Morgan fingerprint density at radius 1 is 1.03 bits per heavy atom. The van der Waals surface area contributed by atoms with Crippen LogP contribution in [0.3, 0.4) is 0 Å². The Morgan fingerprint density at radius 3 is 2.45 bits per heavy atom. The Balaban J connectivity index is 1.26. The van der Waals surface area contributed by atoms with Crippen LogP contribution < -0.4 is 10.6 Å². The minimum atomic E-state index is -0.537. The molecule has 3 aliphatic heterocycles. The van der Waals surface area contributed by atoms with Crippen molar-refractivity contribution >= 4 is 41.7 Å². The molecule has 0 aromatic carbocycles. The fourth-order valence-corrected chi connectivity index (χ4v) is 6.94. The second-order valence-electron chi connectivity index (χ2n) is 10.2. The van der Waals surface area contributed by atoms with Crippen molar-refractivity contribution in [3.05, 3.63) is 0 Å². The molecule has 5 atom stereocenters. The summed E-state index contributed by atoms with van der Waals surface area (Å²) in [6.45, 7) is 7.42. The number of carbonyl (C=O) groups is 3. The first kappa shape index (κ1) is 24.9. The zero-order chi connectivity index (χ0) is 23.6. The summed E-state index contributed by atoms with van der Waals surface area (Å²) in [7, 11) is 0. The minimum Gasteiger partial charge on any atom is -0.444 e. The maximum absolute atomic E-state index is 13.2. The largest absolute Gasteiger partial charge is 0.444 e. The maximum Gasteiger partial charge on any atom is 0.410 e. The summed E-state index contributed by atoms with van der Waals surface area (Å²) in [5, 5.41) is 5.85. The molecule has 186 valence electrons. The fourth-order valence-electron chi connectivity index (χ4n) is 4.74. The van der Waals surface area contributed by atoms with Gasteiger partial charge in [-0.3, -0.25) is 14.9 Å². The zero-order valence-electron chi connectivity index (χ0n) is 19.7. The van der Waals surface area contributed by atoms with Crippen molar-refractivity contribution in [1.29, 1.82) is 0 Å². The van der Waals surface area contributed by atoms with E-state index in [9.17, 15) is 14.4 Å². The van der Waals surface area contributed by atoms with Crippen LogP contribution in [0.4, 0.5) is 4.79 Å². The number of amides is 3. The molecule has 1 aliphatic carbocycles. The van der Waals surface area contributed by atoms with Crippen LogP contribution in [0.5, 0.6) is 0 Å². The predicted molar refractivity (Wildman–Crippen MR) is 129 cm³/mol. The Hall–Kier alpha value is -1.17. The lowest BCUT2D eigenvalue weighted by atomic mass is 9.92. The van der Waals surface area contributed by atoms with Gasteiger partial charge in [0, 0.05) is 44.3 Å². The van der Waals surface area contributed by atoms with Crippen LogP contribution in [0.25, 0.3) is 0 Å². The second kappa shape index (κ2) is 10.6. The van der Waals surface area contributed by atoms with Crippen molar-refractivity contribution in [2.45, 2.75) is 81.4 Å². The minimum absolute atomic E-state index is 0.0574. The predicted octanol–water partition coefficient (Wildman–Crippen LogP) is 2.17. The van der Waals surface area contributed by atoms with Gasteiger partial charge in [-0.05, 0) is 45.8 Å². The molecule has 3 saturated heterocycles. The molecule has 9 nitrogen and oxygen atoms in total. The van der Waals surface area contributed by atoms with E-state index in [0.717, 1.165) is 31.4 Å². The van der Waals surface area contributed by atoms with Crippen molar-refractivity contribution in [1.82, 2.24) is 20.4 Å². The molecule has 0 radical (unpaired) electrons. The van der Waals surface area contributed by atoms with E-state index in [2.05, 4.69) is 10.6 Å². The van der Waals surface area contributed by atoms with E-state index in [4.69, 9.17) is 8.92 Å². The highest BCUT2D eigenvalue weighted by Crippen LogP contribution is 2.34. The molecule has 5 unspecified atom stereocenters. The molecule has 0 bridgehead atoms. The molecule has 0 aromatic rings. The Kier molecular flexibility index (Phi) is 8.02. The first-order valence-electron chi connectivity index (χ1n) is 12.0. The zero-order valence-corrected chi connectivity index (χ0v) is 21.3. The molecule has 1 saturated carbocycles. The van der Waals surface area contributed by atoms with E-state index in [1.807, 2.05) is 25.7 Å². The lowest BCUT2D eigenvalue weighted by Gasteiger charge is -2.39. The number of nitrogens with zero attached hydrogens (tertiary/aromatic N) is 2.